The highest BCUT2D eigenvalue weighted by atomic mass is 19.1. The van der Waals surface area contributed by atoms with Crippen molar-refractivity contribution in [3.05, 3.63) is 35.1 Å². The standard InChI is InChI=1S/C14H14FNO/c15-14-7-12(5-6-13(14)8-16)11-3-1-10(9-17)2-4-11/h5-7,9-11H,1-4H2/t10-,11-. The van der Waals surface area contributed by atoms with Crippen LogP contribution in [0.15, 0.2) is 18.2 Å². The molecule has 0 radical (unpaired) electrons. The third-order valence-electron chi connectivity index (χ3n) is 3.55. The van der Waals surface area contributed by atoms with E-state index in [0.29, 0.717) is 5.92 Å². The molecule has 0 aromatic heterocycles. The fraction of sp³-hybridized carbons (Fsp3) is 0.429. The maximum atomic E-state index is 13.5. The Hall–Kier alpha value is -1.69. The Morgan fingerprint density at radius 2 is 2.00 bits per heavy atom. The van der Waals surface area contributed by atoms with E-state index in [9.17, 15) is 9.18 Å². The number of benzene rings is 1. The van der Waals surface area contributed by atoms with Gasteiger partial charge >= 0.3 is 0 Å². The van der Waals surface area contributed by atoms with Crippen LogP contribution >= 0.6 is 0 Å². The number of rotatable bonds is 2. The second-order valence-electron chi connectivity index (χ2n) is 4.60. The average molecular weight is 231 g/mol. The highest BCUT2D eigenvalue weighted by Crippen LogP contribution is 2.35. The molecule has 1 aromatic carbocycles. The zero-order valence-electron chi connectivity index (χ0n) is 9.53. The van der Waals surface area contributed by atoms with E-state index < -0.39 is 5.82 Å². The second-order valence-corrected chi connectivity index (χ2v) is 4.60. The molecule has 1 saturated carbocycles. The molecule has 0 heterocycles. The van der Waals surface area contributed by atoms with Gasteiger partial charge in [0.1, 0.15) is 18.2 Å². The minimum atomic E-state index is -0.442. The van der Waals surface area contributed by atoms with Crippen LogP contribution in [0.25, 0.3) is 0 Å². The van der Waals surface area contributed by atoms with Crippen LogP contribution in [-0.2, 0) is 4.79 Å². The molecule has 0 amide bonds. The summed E-state index contributed by atoms with van der Waals surface area (Å²) in [4.78, 5) is 10.6. The Bertz CT molecular complexity index is 456. The van der Waals surface area contributed by atoms with Gasteiger partial charge in [-0.2, -0.15) is 5.26 Å². The largest absolute Gasteiger partial charge is 0.303 e. The van der Waals surface area contributed by atoms with Gasteiger partial charge in [-0.15, -0.1) is 0 Å². The summed E-state index contributed by atoms with van der Waals surface area (Å²) in [5, 5.41) is 8.66. The average Bonchev–Trinajstić information content (AvgIpc) is 2.39. The van der Waals surface area contributed by atoms with E-state index >= 15 is 0 Å². The lowest BCUT2D eigenvalue weighted by atomic mass is 9.79. The van der Waals surface area contributed by atoms with Gasteiger partial charge in [-0.05, 0) is 49.3 Å². The molecule has 88 valence electrons. The summed E-state index contributed by atoms with van der Waals surface area (Å²) < 4.78 is 13.5. The van der Waals surface area contributed by atoms with E-state index in [1.165, 1.54) is 12.1 Å². The van der Waals surface area contributed by atoms with E-state index in [2.05, 4.69) is 0 Å². The number of carbonyl (C=O) groups excluding carboxylic acids is 1. The lowest BCUT2D eigenvalue weighted by Gasteiger charge is -2.25. The first-order valence-electron chi connectivity index (χ1n) is 5.89. The second kappa shape index (κ2) is 5.09. The molecular weight excluding hydrogens is 217 g/mol. The van der Waals surface area contributed by atoms with Crippen molar-refractivity contribution in [3.8, 4) is 6.07 Å². The molecule has 0 N–H and O–H groups in total. The molecule has 1 aromatic rings. The van der Waals surface area contributed by atoms with Crippen molar-refractivity contribution in [2.24, 2.45) is 5.92 Å². The number of hydrogen-bond acceptors (Lipinski definition) is 2. The van der Waals surface area contributed by atoms with Crippen molar-refractivity contribution < 1.29 is 9.18 Å². The predicted molar refractivity (Wildman–Crippen MR) is 61.9 cm³/mol. The zero-order valence-corrected chi connectivity index (χ0v) is 9.53. The first kappa shape index (κ1) is 11.8. The molecule has 0 aliphatic heterocycles. The molecule has 3 heteroatoms. The summed E-state index contributed by atoms with van der Waals surface area (Å²) in [6, 6.07) is 6.65. The predicted octanol–water partition coefficient (Wildman–Crippen LogP) is 3.17. The highest BCUT2D eigenvalue weighted by molar-refractivity contribution is 5.53. The normalized spacial score (nSPS) is 24.0. The summed E-state index contributed by atoms with van der Waals surface area (Å²) in [5.41, 5.74) is 1.04. The van der Waals surface area contributed by atoms with Crippen LogP contribution in [0.4, 0.5) is 4.39 Å². The van der Waals surface area contributed by atoms with Gasteiger partial charge in [0.15, 0.2) is 0 Å². The smallest absolute Gasteiger partial charge is 0.141 e. The first-order chi connectivity index (χ1) is 8.24. The summed E-state index contributed by atoms with van der Waals surface area (Å²) in [6.07, 6.45) is 4.64. The van der Waals surface area contributed by atoms with Crippen LogP contribution in [0, 0.1) is 23.1 Å². The van der Waals surface area contributed by atoms with Gasteiger partial charge in [0.05, 0.1) is 5.56 Å². The molecule has 1 fully saturated rings. The van der Waals surface area contributed by atoms with Crippen LogP contribution < -0.4 is 0 Å². The van der Waals surface area contributed by atoms with Crippen molar-refractivity contribution in [1.82, 2.24) is 0 Å². The SMILES string of the molecule is N#Cc1ccc([C@H]2CC[C@H](C=O)CC2)cc1F. The highest BCUT2D eigenvalue weighted by Gasteiger charge is 2.22. The van der Waals surface area contributed by atoms with Crippen molar-refractivity contribution in [2.75, 3.05) is 0 Å². The van der Waals surface area contributed by atoms with Crippen LogP contribution in [0.3, 0.4) is 0 Å². The number of nitrogens with zero attached hydrogens (tertiary/aromatic N) is 1. The molecular formula is C14H14FNO. The van der Waals surface area contributed by atoms with E-state index in [4.69, 9.17) is 5.26 Å². The van der Waals surface area contributed by atoms with Crippen molar-refractivity contribution in [1.29, 1.82) is 5.26 Å². The lowest BCUT2D eigenvalue weighted by molar-refractivity contribution is -0.111. The Balaban J connectivity index is 2.11. The molecule has 0 atom stereocenters. The van der Waals surface area contributed by atoms with E-state index in [1.807, 2.05) is 12.1 Å². The van der Waals surface area contributed by atoms with Gasteiger partial charge in [-0.25, -0.2) is 4.39 Å². The molecule has 2 nitrogen and oxygen atoms in total. The lowest BCUT2D eigenvalue weighted by Crippen LogP contribution is -2.14. The van der Waals surface area contributed by atoms with Gasteiger partial charge in [0.2, 0.25) is 0 Å². The quantitative estimate of drug-likeness (QED) is 0.733. The Kier molecular flexibility index (Phi) is 3.53. The zero-order chi connectivity index (χ0) is 12.3. The van der Waals surface area contributed by atoms with Crippen molar-refractivity contribution >= 4 is 6.29 Å². The van der Waals surface area contributed by atoms with Crippen LogP contribution in [0.5, 0.6) is 0 Å². The third-order valence-corrected chi connectivity index (χ3v) is 3.55. The number of carbonyl (C=O) groups is 1. The van der Waals surface area contributed by atoms with Crippen LogP contribution in [0.2, 0.25) is 0 Å². The monoisotopic (exact) mass is 231 g/mol. The minimum absolute atomic E-state index is 0.0929. The van der Waals surface area contributed by atoms with E-state index in [0.717, 1.165) is 37.5 Å². The summed E-state index contributed by atoms with van der Waals surface area (Å²) in [5.74, 6) is 0.0606. The van der Waals surface area contributed by atoms with Crippen molar-refractivity contribution in [2.45, 2.75) is 31.6 Å². The molecule has 1 aliphatic carbocycles. The topological polar surface area (TPSA) is 40.9 Å². The summed E-state index contributed by atoms with van der Waals surface area (Å²) in [6.45, 7) is 0. The minimum Gasteiger partial charge on any atom is -0.303 e. The van der Waals surface area contributed by atoms with Crippen molar-refractivity contribution in [3.63, 3.8) is 0 Å². The molecule has 17 heavy (non-hydrogen) atoms. The molecule has 1 aliphatic rings. The number of halogens is 1. The van der Waals surface area contributed by atoms with Gasteiger partial charge < -0.3 is 4.79 Å². The van der Waals surface area contributed by atoms with E-state index in [-0.39, 0.29) is 11.5 Å². The van der Waals surface area contributed by atoms with Gasteiger partial charge in [0.25, 0.3) is 0 Å². The number of hydrogen-bond donors (Lipinski definition) is 0. The summed E-state index contributed by atoms with van der Waals surface area (Å²) in [7, 11) is 0. The fourth-order valence-electron chi connectivity index (χ4n) is 2.46. The molecule has 0 bridgehead atoms. The maximum absolute atomic E-state index is 13.5. The van der Waals surface area contributed by atoms with Crippen LogP contribution in [-0.4, -0.2) is 6.29 Å². The number of aldehydes is 1. The molecule has 0 spiro atoms. The van der Waals surface area contributed by atoms with Gasteiger partial charge in [0, 0.05) is 5.92 Å². The van der Waals surface area contributed by atoms with Crippen LogP contribution in [0.1, 0.15) is 42.7 Å². The Morgan fingerprint density at radius 1 is 1.29 bits per heavy atom. The van der Waals surface area contributed by atoms with Gasteiger partial charge in [-0.1, -0.05) is 6.07 Å². The Morgan fingerprint density at radius 3 is 2.53 bits per heavy atom. The molecule has 0 unspecified atom stereocenters. The maximum Gasteiger partial charge on any atom is 0.141 e. The number of nitriles is 1. The Labute approximate surface area is 100 Å². The van der Waals surface area contributed by atoms with E-state index in [1.54, 1.807) is 0 Å². The first-order valence-corrected chi connectivity index (χ1v) is 5.89. The molecule has 2 rings (SSSR count). The fourth-order valence-corrected chi connectivity index (χ4v) is 2.46. The molecule has 0 saturated heterocycles. The third kappa shape index (κ3) is 2.52. The summed E-state index contributed by atoms with van der Waals surface area (Å²) >= 11 is 0. The van der Waals surface area contributed by atoms with Gasteiger partial charge in [-0.3, -0.25) is 0 Å².